The molecule has 2 aliphatic carbocycles. The number of carbonyl (C=O) groups excluding carboxylic acids is 1. The second kappa shape index (κ2) is 4.41. The molecule has 1 aromatic heterocycles. The van der Waals surface area contributed by atoms with Crippen molar-refractivity contribution in [3.05, 3.63) is 17.8 Å². The Bertz CT molecular complexity index is 454. The number of rotatable bonds is 3. The molecule has 18 heavy (non-hydrogen) atoms. The summed E-state index contributed by atoms with van der Waals surface area (Å²) in [6.45, 7) is 3.90. The van der Waals surface area contributed by atoms with Crippen molar-refractivity contribution < 1.29 is 9.21 Å². The van der Waals surface area contributed by atoms with Gasteiger partial charge in [-0.3, -0.25) is 4.79 Å². The van der Waals surface area contributed by atoms with Gasteiger partial charge in [-0.15, -0.1) is 0 Å². The van der Waals surface area contributed by atoms with Crippen molar-refractivity contribution in [1.29, 1.82) is 0 Å². The van der Waals surface area contributed by atoms with Gasteiger partial charge in [0.05, 0.1) is 6.20 Å². The highest BCUT2D eigenvalue weighted by Crippen LogP contribution is 2.49. The molecule has 2 fully saturated rings. The minimum Gasteiger partial charge on any atom is -0.438 e. The molecule has 4 unspecified atom stereocenters. The third-order valence-corrected chi connectivity index (χ3v) is 4.61. The van der Waals surface area contributed by atoms with Crippen LogP contribution in [0.4, 0.5) is 0 Å². The molecule has 98 valence electrons. The van der Waals surface area contributed by atoms with E-state index in [1.165, 1.54) is 25.7 Å². The normalized spacial score (nSPS) is 31.6. The fraction of sp³-hybridized carbons (Fsp3) is 0.714. The predicted molar refractivity (Wildman–Crippen MR) is 67.1 cm³/mol. The Balaban J connectivity index is 1.61. The molecule has 2 bridgehead atoms. The van der Waals surface area contributed by atoms with Crippen molar-refractivity contribution in [1.82, 2.24) is 10.3 Å². The van der Waals surface area contributed by atoms with Crippen LogP contribution in [0.1, 0.15) is 49.1 Å². The summed E-state index contributed by atoms with van der Waals surface area (Å²) in [7, 11) is 0. The number of amides is 1. The molecule has 1 N–H and O–H groups in total. The first-order chi connectivity index (χ1) is 8.63. The number of hydrogen-bond acceptors (Lipinski definition) is 3. The summed E-state index contributed by atoms with van der Waals surface area (Å²) < 4.78 is 5.25. The highest BCUT2D eigenvalue weighted by Gasteiger charge is 2.42. The fourth-order valence-corrected chi connectivity index (χ4v) is 3.74. The molecule has 1 heterocycles. The van der Waals surface area contributed by atoms with Crippen molar-refractivity contribution in [3.8, 4) is 0 Å². The maximum atomic E-state index is 12.0. The van der Waals surface area contributed by atoms with E-state index in [1.54, 1.807) is 13.1 Å². The SMILES string of the molecule is Cc1cnc(C(=O)NC(C)C2CC3CCC2C3)o1. The summed E-state index contributed by atoms with van der Waals surface area (Å²) in [6, 6.07) is 0.222. The van der Waals surface area contributed by atoms with E-state index in [0.29, 0.717) is 11.7 Å². The van der Waals surface area contributed by atoms with Crippen LogP contribution in [0.2, 0.25) is 0 Å². The van der Waals surface area contributed by atoms with Gasteiger partial charge >= 0.3 is 5.91 Å². The fourth-order valence-electron chi connectivity index (χ4n) is 3.74. The summed E-state index contributed by atoms with van der Waals surface area (Å²) in [5, 5.41) is 3.04. The maximum Gasteiger partial charge on any atom is 0.307 e. The van der Waals surface area contributed by atoms with Crippen LogP contribution in [0, 0.1) is 24.7 Å². The van der Waals surface area contributed by atoms with E-state index in [1.807, 2.05) is 0 Å². The molecule has 3 rings (SSSR count). The third-order valence-electron chi connectivity index (χ3n) is 4.61. The van der Waals surface area contributed by atoms with Crippen molar-refractivity contribution in [2.45, 2.75) is 45.6 Å². The van der Waals surface area contributed by atoms with Gasteiger partial charge in [-0.1, -0.05) is 6.42 Å². The first-order valence-corrected chi connectivity index (χ1v) is 6.87. The number of aromatic nitrogens is 1. The van der Waals surface area contributed by atoms with Crippen LogP contribution in [0.3, 0.4) is 0 Å². The monoisotopic (exact) mass is 248 g/mol. The Morgan fingerprint density at radius 1 is 1.50 bits per heavy atom. The van der Waals surface area contributed by atoms with Gasteiger partial charge in [0, 0.05) is 6.04 Å². The lowest BCUT2D eigenvalue weighted by atomic mass is 9.84. The van der Waals surface area contributed by atoms with E-state index in [4.69, 9.17) is 4.42 Å². The maximum absolute atomic E-state index is 12.0. The quantitative estimate of drug-likeness (QED) is 0.894. The lowest BCUT2D eigenvalue weighted by Gasteiger charge is -2.28. The van der Waals surface area contributed by atoms with E-state index in [-0.39, 0.29) is 17.8 Å². The molecular formula is C14H20N2O2. The van der Waals surface area contributed by atoms with Crippen LogP contribution < -0.4 is 5.32 Å². The van der Waals surface area contributed by atoms with E-state index in [9.17, 15) is 4.79 Å². The Labute approximate surface area is 107 Å². The highest BCUT2D eigenvalue weighted by atomic mass is 16.4. The molecule has 0 saturated heterocycles. The molecule has 1 amide bonds. The number of nitrogens with zero attached hydrogens (tertiary/aromatic N) is 1. The lowest BCUT2D eigenvalue weighted by molar-refractivity contribution is 0.0878. The lowest BCUT2D eigenvalue weighted by Crippen LogP contribution is -2.40. The minimum absolute atomic E-state index is 0.182. The summed E-state index contributed by atoms with van der Waals surface area (Å²) in [5.41, 5.74) is 0. The molecule has 2 saturated carbocycles. The summed E-state index contributed by atoms with van der Waals surface area (Å²) >= 11 is 0. The number of fused-ring (bicyclic) bond motifs is 2. The third kappa shape index (κ3) is 2.04. The summed E-state index contributed by atoms with van der Waals surface area (Å²) in [5.74, 6) is 3.04. The zero-order valence-electron chi connectivity index (χ0n) is 11.0. The second-order valence-corrected chi connectivity index (χ2v) is 5.88. The van der Waals surface area contributed by atoms with E-state index in [0.717, 1.165) is 11.8 Å². The van der Waals surface area contributed by atoms with Crippen LogP contribution in [-0.4, -0.2) is 16.9 Å². The van der Waals surface area contributed by atoms with Gasteiger partial charge in [-0.2, -0.15) is 0 Å². The second-order valence-electron chi connectivity index (χ2n) is 5.88. The molecule has 0 aliphatic heterocycles. The largest absolute Gasteiger partial charge is 0.438 e. The minimum atomic E-state index is -0.182. The van der Waals surface area contributed by atoms with E-state index < -0.39 is 0 Å². The van der Waals surface area contributed by atoms with Crippen LogP contribution in [0.5, 0.6) is 0 Å². The average molecular weight is 248 g/mol. The number of nitrogens with one attached hydrogen (secondary N) is 1. The van der Waals surface area contributed by atoms with Crippen molar-refractivity contribution in [3.63, 3.8) is 0 Å². The van der Waals surface area contributed by atoms with Gasteiger partial charge in [0.25, 0.3) is 5.89 Å². The molecule has 0 spiro atoms. The Morgan fingerprint density at radius 3 is 2.89 bits per heavy atom. The van der Waals surface area contributed by atoms with Crippen molar-refractivity contribution >= 4 is 5.91 Å². The van der Waals surface area contributed by atoms with E-state index in [2.05, 4.69) is 17.2 Å². The zero-order chi connectivity index (χ0) is 12.7. The average Bonchev–Trinajstić information content (AvgIpc) is 3.03. The van der Waals surface area contributed by atoms with E-state index >= 15 is 0 Å². The molecule has 2 aliphatic rings. The van der Waals surface area contributed by atoms with Crippen LogP contribution >= 0.6 is 0 Å². The first-order valence-electron chi connectivity index (χ1n) is 6.87. The molecule has 1 aromatic rings. The molecule has 4 heteroatoms. The standard InChI is InChI=1S/C14H20N2O2/c1-8-7-15-14(18-8)13(17)16-9(2)12-6-10-3-4-11(12)5-10/h7,9-12H,3-6H2,1-2H3,(H,16,17). The van der Waals surface area contributed by atoms with Gasteiger partial charge in [0.1, 0.15) is 5.76 Å². The number of hydrogen-bond donors (Lipinski definition) is 1. The summed E-state index contributed by atoms with van der Waals surface area (Å²) in [4.78, 5) is 15.9. The van der Waals surface area contributed by atoms with Crippen LogP contribution in [-0.2, 0) is 0 Å². The van der Waals surface area contributed by atoms with Gasteiger partial charge in [-0.05, 0) is 50.9 Å². The number of aryl methyl sites for hydroxylation is 1. The molecule has 0 radical (unpaired) electrons. The predicted octanol–water partition coefficient (Wildman–Crippen LogP) is 2.54. The Morgan fingerprint density at radius 2 is 2.33 bits per heavy atom. The molecule has 4 nitrogen and oxygen atoms in total. The van der Waals surface area contributed by atoms with Crippen LogP contribution in [0.25, 0.3) is 0 Å². The Hall–Kier alpha value is -1.32. The van der Waals surface area contributed by atoms with Crippen molar-refractivity contribution in [2.24, 2.45) is 17.8 Å². The van der Waals surface area contributed by atoms with Gasteiger partial charge in [-0.25, -0.2) is 4.98 Å². The van der Waals surface area contributed by atoms with Crippen LogP contribution in [0.15, 0.2) is 10.6 Å². The van der Waals surface area contributed by atoms with Gasteiger partial charge in [0.15, 0.2) is 0 Å². The number of oxazole rings is 1. The molecule has 0 aromatic carbocycles. The molecular weight excluding hydrogens is 228 g/mol. The zero-order valence-corrected chi connectivity index (χ0v) is 11.0. The van der Waals surface area contributed by atoms with Gasteiger partial charge in [0.2, 0.25) is 0 Å². The van der Waals surface area contributed by atoms with Crippen molar-refractivity contribution in [2.75, 3.05) is 0 Å². The summed E-state index contributed by atoms with van der Waals surface area (Å²) in [6.07, 6.45) is 6.95. The smallest absolute Gasteiger partial charge is 0.307 e. The topological polar surface area (TPSA) is 55.1 Å². The first kappa shape index (κ1) is 11.8. The Kier molecular flexibility index (Phi) is 2.88. The highest BCUT2D eigenvalue weighted by molar-refractivity contribution is 5.89. The number of carbonyl (C=O) groups is 1. The van der Waals surface area contributed by atoms with Gasteiger partial charge < -0.3 is 9.73 Å². The molecule has 4 atom stereocenters.